The number of carbonyl (C=O) groups is 1. The first kappa shape index (κ1) is 15.7. The van der Waals surface area contributed by atoms with E-state index in [0.29, 0.717) is 6.54 Å². The third kappa shape index (κ3) is 3.50. The van der Waals surface area contributed by atoms with Crippen LogP contribution in [-0.2, 0) is 14.6 Å². The second-order valence-electron chi connectivity index (χ2n) is 4.99. The quantitative estimate of drug-likeness (QED) is 0.786. The summed E-state index contributed by atoms with van der Waals surface area (Å²) in [6, 6.07) is 5.92. The molecule has 0 spiro atoms. The van der Waals surface area contributed by atoms with Gasteiger partial charge in [-0.2, -0.15) is 0 Å². The maximum atomic E-state index is 13.9. The highest BCUT2D eigenvalue weighted by atomic mass is 32.2. The van der Waals surface area contributed by atoms with Crippen molar-refractivity contribution in [1.29, 1.82) is 0 Å². The fraction of sp³-hybridized carbons (Fsp3) is 0.400. The molecule has 1 aromatic rings. The molecule has 1 unspecified atom stereocenters. The highest BCUT2D eigenvalue weighted by molar-refractivity contribution is 7.91. The second-order valence-corrected chi connectivity index (χ2v) is 7.29. The molecular formula is C15H18FNO3S. The molecule has 0 radical (unpaired) electrons. The molecule has 1 aliphatic heterocycles. The van der Waals surface area contributed by atoms with E-state index in [-0.39, 0.29) is 30.2 Å². The van der Waals surface area contributed by atoms with E-state index in [1.807, 2.05) is 0 Å². The minimum atomic E-state index is -3.47. The van der Waals surface area contributed by atoms with Crippen molar-refractivity contribution in [3.8, 4) is 0 Å². The Labute approximate surface area is 124 Å². The summed E-state index contributed by atoms with van der Waals surface area (Å²) in [5.41, 5.74) is 0.192. The lowest BCUT2D eigenvalue weighted by Crippen LogP contribution is -2.32. The Bertz CT molecular complexity index is 655. The zero-order chi connectivity index (χ0) is 15.5. The van der Waals surface area contributed by atoms with Crippen LogP contribution >= 0.6 is 0 Å². The van der Waals surface area contributed by atoms with E-state index in [4.69, 9.17) is 0 Å². The highest BCUT2D eigenvalue weighted by Gasteiger charge is 2.33. The molecule has 4 nitrogen and oxygen atoms in total. The van der Waals surface area contributed by atoms with Gasteiger partial charge in [0.15, 0.2) is 9.84 Å². The van der Waals surface area contributed by atoms with Crippen LogP contribution in [0.5, 0.6) is 0 Å². The lowest BCUT2D eigenvalue weighted by Gasteiger charge is -2.18. The van der Waals surface area contributed by atoms with Gasteiger partial charge in [-0.3, -0.25) is 4.79 Å². The molecule has 1 amide bonds. The molecule has 1 saturated heterocycles. The number of nitrogens with zero attached hydrogens (tertiary/aromatic N) is 1. The monoisotopic (exact) mass is 311 g/mol. The average molecular weight is 311 g/mol. The Kier molecular flexibility index (Phi) is 4.77. The number of sulfone groups is 1. The molecule has 0 aromatic heterocycles. The Balaban J connectivity index is 2.28. The van der Waals surface area contributed by atoms with Crippen molar-refractivity contribution in [2.24, 2.45) is 0 Å². The van der Waals surface area contributed by atoms with Crippen LogP contribution < -0.4 is 0 Å². The van der Waals surface area contributed by atoms with E-state index >= 15 is 0 Å². The summed E-state index contributed by atoms with van der Waals surface area (Å²) in [7, 11) is -3.47. The maximum Gasteiger partial charge on any atom is 0.246 e. The summed E-state index contributed by atoms with van der Waals surface area (Å²) in [6.45, 7) is 2.19. The van der Waals surface area contributed by atoms with Crippen LogP contribution in [0, 0.1) is 5.82 Å². The zero-order valence-electron chi connectivity index (χ0n) is 11.8. The molecule has 1 fully saturated rings. The summed E-state index contributed by atoms with van der Waals surface area (Å²) in [5.74, 6) is -0.865. The van der Waals surface area contributed by atoms with Crippen molar-refractivity contribution in [1.82, 2.24) is 4.90 Å². The Morgan fingerprint density at radius 3 is 2.71 bits per heavy atom. The van der Waals surface area contributed by atoms with Crippen LogP contribution in [0.4, 0.5) is 4.39 Å². The van der Waals surface area contributed by atoms with E-state index in [1.54, 1.807) is 19.1 Å². The van der Waals surface area contributed by atoms with Crippen molar-refractivity contribution < 1.29 is 17.6 Å². The summed E-state index contributed by atoms with van der Waals surface area (Å²) in [6.07, 6.45) is 3.25. The zero-order valence-corrected chi connectivity index (χ0v) is 12.6. The Morgan fingerprint density at radius 1 is 1.33 bits per heavy atom. The van der Waals surface area contributed by atoms with Gasteiger partial charge in [-0.15, -0.1) is 0 Å². The first-order valence-corrected chi connectivity index (χ1v) is 8.55. The predicted molar refractivity (Wildman–Crippen MR) is 78.9 cm³/mol. The van der Waals surface area contributed by atoms with Crippen molar-refractivity contribution in [3.63, 3.8) is 0 Å². The van der Waals surface area contributed by atoms with Crippen molar-refractivity contribution in [2.75, 3.05) is 18.8 Å². The lowest BCUT2D eigenvalue weighted by atomic mass is 10.1. The van der Waals surface area contributed by atoms with Gasteiger partial charge in [0.1, 0.15) is 5.82 Å². The molecule has 114 valence electrons. The van der Waals surface area contributed by atoms with E-state index in [2.05, 4.69) is 0 Å². The Morgan fingerprint density at radius 2 is 2.05 bits per heavy atom. The van der Waals surface area contributed by atoms with Gasteiger partial charge < -0.3 is 4.90 Å². The number of allylic oxidation sites excluding steroid dienone is 1. The number of amides is 1. The molecule has 0 saturated carbocycles. The topological polar surface area (TPSA) is 54.5 Å². The number of carbonyl (C=O) groups excluding carboxylic acids is 1. The first-order valence-electron chi connectivity index (χ1n) is 6.83. The summed E-state index contributed by atoms with van der Waals surface area (Å²) in [4.78, 5) is 13.3. The standard InChI is InChI=1S/C15H18FNO3S/c1-2-5-15(18)17-9-8-14(21(19,20)11-10-17)12-6-3-4-7-13(12)16/h2-7,14H,8-11H2,1H3/b5-2+. The molecule has 1 atom stereocenters. The van der Waals surface area contributed by atoms with Crippen LogP contribution in [-0.4, -0.2) is 38.1 Å². The fourth-order valence-electron chi connectivity index (χ4n) is 2.50. The van der Waals surface area contributed by atoms with E-state index in [1.165, 1.54) is 29.2 Å². The molecule has 1 heterocycles. The normalized spacial score (nSPS) is 22.2. The van der Waals surface area contributed by atoms with Gasteiger partial charge in [0.05, 0.1) is 11.0 Å². The van der Waals surface area contributed by atoms with E-state index in [9.17, 15) is 17.6 Å². The van der Waals surface area contributed by atoms with Gasteiger partial charge in [-0.25, -0.2) is 12.8 Å². The van der Waals surface area contributed by atoms with E-state index in [0.717, 1.165) is 0 Å². The molecule has 0 N–H and O–H groups in total. The fourth-order valence-corrected chi connectivity index (χ4v) is 4.30. The second kappa shape index (κ2) is 6.39. The third-order valence-electron chi connectivity index (χ3n) is 3.61. The summed E-state index contributed by atoms with van der Waals surface area (Å²) >= 11 is 0. The molecule has 1 aromatic carbocycles. The highest BCUT2D eigenvalue weighted by Crippen LogP contribution is 2.31. The van der Waals surface area contributed by atoms with Gasteiger partial charge in [-0.05, 0) is 25.5 Å². The van der Waals surface area contributed by atoms with Gasteiger partial charge in [0.2, 0.25) is 5.91 Å². The molecule has 6 heteroatoms. The average Bonchev–Trinajstić information content (AvgIpc) is 2.58. The number of hydrogen-bond acceptors (Lipinski definition) is 3. The largest absolute Gasteiger partial charge is 0.338 e. The lowest BCUT2D eigenvalue weighted by molar-refractivity contribution is -0.125. The van der Waals surface area contributed by atoms with Crippen molar-refractivity contribution >= 4 is 15.7 Å². The van der Waals surface area contributed by atoms with E-state index < -0.39 is 20.9 Å². The minimum absolute atomic E-state index is 0.144. The predicted octanol–water partition coefficient (Wildman–Crippen LogP) is 2.09. The SMILES string of the molecule is C/C=C/C(=O)N1CCC(c2ccccc2F)S(=O)(=O)CC1. The number of rotatable bonds is 2. The summed E-state index contributed by atoms with van der Waals surface area (Å²) < 4.78 is 38.6. The smallest absolute Gasteiger partial charge is 0.246 e. The maximum absolute atomic E-state index is 13.9. The first-order chi connectivity index (χ1) is 9.95. The van der Waals surface area contributed by atoms with Crippen LogP contribution in [0.1, 0.15) is 24.2 Å². The van der Waals surface area contributed by atoms with Gasteiger partial charge in [-0.1, -0.05) is 24.3 Å². The van der Waals surface area contributed by atoms with Crippen LogP contribution in [0.25, 0.3) is 0 Å². The molecular weight excluding hydrogens is 293 g/mol. The molecule has 21 heavy (non-hydrogen) atoms. The Hall–Kier alpha value is -1.69. The van der Waals surface area contributed by atoms with Crippen molar-refractivity contribution in [3.05, 3.63) is 47.8 Å². The van der Waals surface area contributed by atoms with Crippen molar-refractivity contribution in [2.45, 2.75) is 18.6 Å². The van der Waals surface area contributed by atoms with Crippen LogP contribution in [0.2, 0.25) is 0 Å². The molecule has 0 bridgehead atoms. The van der Waals surface area contributed by atoms with Gasteiger partial charge in [0.25, 0.3) is 0 Å². The molecule has 1 aliphatic rings. The number of benzene rings is 1. The summed E-state index contributed by atoms with van der Waals surface area (Å²) in [5, 5.41) is -0.887. The number of hydrogen-bond donors (Lipinski definition) is 0. The molecule has 0 aliphatic carbocycles. The molecule has 2 rings (SSSR count). The van der Waals surface area contributed by atoms with Crippen LogP contribution in [0.3, 0.4) is 0 Å². The number of halogens is 1. The van der Waals surface area contributed by atoms with Crippen LogP contribution in [0.15, 0.2) is 36.4 Å². The van der Waals surface area contributed by atoms with Gasteiger partial charge >= 0.3 is 0 Å². The minimum Gasteiger partial charge on any atom is -0.338 e. The third-order valence-corrected chi connectivity index (χ3v) is 5.72. The van der Waals surface area contributed by atoms with Gasteiger partial charge in [0, 0.05) is 18.7 Å².